The summed E-state index contributed by atoms with van der Waals surface area (Å²) < 4.78 is 30.2. The second kappa shape index (κ2) is 10.8. The maximum Gasteiger partial charge on any atom is 0.225 e. The van der Waals surface area contributed by atoms with Crippen LogP contribution in [-0.2, 0) is 10.9 Å². The van der Waals surface area contributed by atoms with Crippen molar-refractivity contribution in [3.05, 3.63) is 53.1 Å². The molecule has 0 aliphatic heterocycles. The maximum atomic E-state index is 12.9. The number of rotatable bonds is 11. The third kappa shape index (κ3) is 5.95. The summed E-state index contributed by atoms with van der Waals surface area (Å²) in [6.07, 6.45) is 3.30. The molecule has 0 unspecified atom stereocenters. The molecule has 0 amide bonds. The van der Waals surface area contributed by atoms with Gasteiger partial charge in [-0.15, -0.1) is 0 Å². The summed E-state index contributed by atoms with van der Waals surface area (Å²) in [4.78, 5) is 12.9. The van der Waals surface area contributed by atoms with Crippen LogP contribution in [0.4, 0.5) is 5.69 Å². The summed E-state index contributed by atoms with van der Waals surface area (Å²) in [5.41, 5.74) is 7.15. The van der Waals surface area contributed by atoms with Crippen molar-refractivity contribution in [3.63, 3.8) is 0 Å². The van der Waals surface area contributed by atoms with Crippen LogP contribution in [0, 0.1) is 6.92 Å². The lowest BCUT2D eigenvalue weighted by molar-refractivity contribution is 0.103. The topological polar surface area (TPSA) is 110 Å². The lowest BCUT2D eigenvalue weighted by atomic mass is 10.0. The molecule has 0 bridgehead atoms. The number of carbonyl (C=O) groups is 1. The number of hydrogen-bond donors (Lipinski definition) is 3. The van der Waals surface area contributed by atoms with Gasteiger partial charge in [-0.05, 0) is 32.4 Å². The van der Waals surface area contributed by atoms with Gasteiger partial charge in [0.15, 0.2) is 5.78 Å². The number of phenols is 1. The number of ether oxygens (including phenoxy) is 1. The monoisotopic (exact) mass is 420 g/mol. The number of aryl methyl sites for hydroxylation is 1. The quantitative estimate of drug-likeness (QED) is 0.293. The van der Waals surface area contributed by atoms with E-state index in [0.29, 0.717) is 18.5 Å². The van der Waals surface area contributed by atoms with Crippen molar-refractivity contribution in [3.8, 4) is 11.5 Å². The van der Waals surface area contributed by atoms with Crippen LogP contribution in [0.15, 0.2) is 36.4 Å². The highest BCUT2D eigenvalue weighted by Crippen LogP contribution is 2.36. The Hall–Kier alpha value is -2.58. The van der Waals surface area contributed by atoms with Crippen LogP contribution in [0.25, 0.3) is 0 Å². The molecule has 0 aliphatic carbocycles. The second-order valence-electron chi connectivity index (χ2n) is 6.80. The first-order valence-corrected chi connectivity index (χ1v) is 10.7. The minimum absolute atomic E-state index is 0.0228. The normalized spacial score (nSPS) is 10.9. The fourth-order valence-corrected chi connectivity index (χ4v) is 3.65. The largest absolute Gasteiger partial charge is 0.507 e. The molecule has 0 heterocycles. The van der Waals surface area contributed by atoms with Crippen LogP contribution >= 0.6 is 0 Å². The first-order chi connectivity index (χ1) is 13.9. The number of phenolic OH excluding ortho intramolecular Hbond substituents is 1. The molecule has 2 aromatic rings. The first kappa shape index (κ1) is 22.7. The van der Waals surface area contributed by atoms with Crippen LogP contribution in [0.3, 0.4) is 0 Å². The standard InChI is InChI=1S/C21H28N2O5S/c1-15-7-9-16(10-8-15)21(25)17-13-18(20(28-2)14-19(17)24)23(29(26)27)12-6-4-3-5-11-22/h7-10,13-14,24,29H,3-6,11-12,22H2,1-2H3. The van der Waals surface area contributed by atoms with E-state index < -0.39 is 16.7 Å². The number of benzene rings is 2. The van der Waals surface area contributed by atoms with Crippen LogP contribution in [-0.4, -0.2) is 39.5 Å². The van der Waals surface area contributed by atoms with Crippen molar-refractivity contribution in [2.24, 2.45) is 5.73 Å². The Labute approximate surface area is 173 Å². The van der Waals surface area contributed by atoms with Crippen molar-refractivity contribution in [1.29, 1.82) is 0 Å². The Balaban J connectivity index is 2.37. The molecule has 0 saturated carbocycles. The Morgan fingerprint density at radius 3 is 2.34 bits per heavy atom. The highest BCUT2D eigenvalue weighted by Gasteiger charge is 2.21. The fraction of sp³-hybridized carbons (Fsp3) is 0.381. The number of hydrogen-bond acceptors (Lipinski definition) is 6. The predicted molar refractivity (Wildman–Crippen MR) is 114 cm³/mol. The minimum Gasteiger partial charge on any atom is -0.507 e. The summed E-state index contributed by atoms with van der Waals surface area (Å²) in [7, 11) is -1.56. The predicted octanol–water partition coefficient (Wildman–Crippen LogP) is 2.79. The molecule has 2 rings (SSSR count). The molecule has 8 heteroatoms. The van der Waals surface area contributed by atoms with Crippen molar-refractivity contribution >= 4 is 22.4 Å². The number of aromatic hydroxyl groups is 1. The average Bonchev–Trinajstić information content (AvgIpc) is 2.70. The average molecular weight is 421 g/mol. The minimum atomic E-state index is -2.95. The summed E-state index contributed by atoms with van der Waals surface area (Å²) in [6.45, 7) is 2.77. The van der Waals surface area contributed by atoms with Crippen molar-refractivity contribution in [2.75, 3.05) is 24.5 Å². The molecule has 0 saturated heterocycles. The maximum absolute atomic E-state index is 12.9. The van der Waals surface area contributed by atoms with Gasteiger partial charge in [0, 0.05) is 18.2 Å². The lowest BCUT2D eigenvalue weighted by Crippen LogP contribution is -2.23. The molecule has 0 atom stereocenters. The Bertz CT molecular complexity index is 902. The van der Waals surface area contributed by atoms with E-state index in [4.69, 9.17) is 10.5 Å². The van der Waals surface area contributed by atoms with Crippen molar-refractivity contribution in [2.45, 2.75) is 32.6 Å². The number of anilines is 1. The molecular formula is C21H28N2O5S. The van der Waals surface area contributed by atoms with Gasteiger partial charge in [-0.2, -0.15) is 0 Å². The number of ketones is 1. The van der Waals surface area contributed by atoms with E-state index in [9.17, 15) is 18.3 Å². The Kier molecular flexibility index (Phi) is 8.48. The molecule has 3 N–H and O–H groups in total. The molecule has 0 aliphatic rings. The van der Waals surface area contributed by atoms with Gasteiger partial charge >= 0.3 is 0 Å². The summed E-state index contributed by atoms with van der Waals surface area (Å²) in [5, 5.41) is 10.3. The van der Waals surface area contributed by atoms with Gasteiger partial charge in [0.05, 0.1) is 18.4 Å². The van der Waals surface area contributed by atoms with E-state index in [-0.39, 0.29) is 29.3 Å². The van der Waals surface area contributed by atoms with Crippen molar-refractivity contribution < 1.29 is 23.1 Å². The molecule has 7 nitrogen and oxygen atoms in total. The lowest BCUT2D eigenvalue weighted by Gasteiger charge is -2.21. The zero-order valence-electron chi connectivity index (χ0n) is 16.8. The molecule has 0 radical (unpaired) electrons. The molecular weight excluding hydrogens is 392 g/mol. The summed E-state index contributed by atoms with van der Waals surface area (Å²) >= 11 is 0. The molecule has 158 valence electrons. The van der Waals surface area contributed by atoms with Gasteiger partial charge in [-0.25, -0.2) is 8.42 Å². The zero-order valence-corrected chi connectivity index (χ0v) is 17.7. The van der Waals surface area contributed by atoms with E-state index in [1.807, 2.05) is 6.92 Å². The van der Waals surface area contributed by atoms with Crippen LogP contribution in [0.2, 0.25) is 0 Å². The summed E-state index contributed by atoms with van der Waals surface area (Å²) in [6, 6.07) is 9.60. The highest BCUT2D eigenvalue weighted by atomic mass is 32.2. The molecule has 0 fully saturated rings. The number of unbranched alkanes of at least 4 members (excludes halogenated alkanes) is 3. The number of methoxy groups -OCH3 is 1. The SMILES string of the molecule is COc1cc(O)c(C(=O)c2ccc(C)cc2)cc1N(CCCCCCN)[SH](=O)=O. The number of nitrogens with zero attached hydrogens (tertiary/aromatic N) is 1. The van der Waals surface area contributed by atoms with E-state index in [0.717, 1.165) is 24.8 Å². The van der Waals surface area contributed by atoms with E-state index in [2.05, 4.69) is 0 Å². The Morgan fingerprint density at radius 1 is 1.10 bits per heavy atom. The zero-order chi connectivity index (χ0) is 21.4. The van der Waals surface area contributed by atoms with E-state index in [1.54, 1.807) is 24.3 Å². The van der Waals surface area contributed by atoms with Gasteiger partial charge in [0.25, 0.3) is 0 Å². The van der Waals surface area contributed by atoms with Gasteiger partial charge in [-0.3, -0.25) is 9.10 Å². The smallest absolute Gasteiger partial charge is 0.225 e. The third-order valence-electron chi connectivity index (χ3n) is 4.65. The number of nitrogens with two attached hydrogens (primary N) is 1. The second-order valence-corrected chi connectivity index (χ2v) is 7.76. The molecule has 0 aromatic heterocycles. The van der Waals surface area contributed by atoms with E-state index >= 15 is 0 Å². The van der Waals surface area contributed by atoms with Gasteiger partial charge in [0.1, 0.15) is 11.5 Å². The number of thiol groups is 1. The van der Waals surface area contributed by atoms with Crippen molar-refractivity contribution in [1.82, 2.24) is 0 Å². The first-order valence-electron chi connectivity index (χ1n) is 9.53. The molecule has 0 spiro atoms. The van der Waals surface area contributed by atoms with Gasteiger partial charge in [-0.1, -0.05) is 42.7 Å². The van der Waals surface area contributed by atoms with Crippen LogP contribution in [0.1, 0.15) is 47.2 Å². The van der Waals surface area contributed by atoms with Gasteiger partial charge in [0.2, 0.25) is 10.9 Å². The molecule has 29 heavy (non-hydrogen) atoms. The van der Waals surface area contributed by atoms with Gasteiger partial charge < -0.3 is 15.6 Å². The fourth-order valence-electron chi connectivity index (χ4n) is 3.01. The molecule has 2 aromatic carbocycles. The highest BCUT2D eigenvalue weighted by molar-refractivity contribution is 7.74. The third-order valence-corrected chi connectivity index (χ3v) is 5.46. The number of carbonyl (C=O) groups excluding carboxylic acids is 1. The Morgan fingerprint density at radius 2 is 1.76 bits per heavy atom. The van der Waals surface area contributed by atoms with Crippen LogP contribution in [0.5, 0.6) is 11.5 Å². The van der Waals surface area contributed by atoms with Crippen LogP contribution < -0.4 is 14.8 Å². The van der Waals surface area contributed by atoms with E-state index in [1.165, 1.54) is 23.5 Å². The summed E-state index contributed by atoms with van der Waals surface area (Å²) in [5.74, 6) is -0.472.